The molecule has 0 N–H and O–H groups in total. The first-order valence-electron chi connectivity index (χ1n) is 4.66. The molecule has 0 amide bonds. The number of hydrogen-bond donors (Lipinski definition) is 0. The Morgan fingerprint density at radius 3 is 2.29 bits per heavy atom. The Balaban J connectivity index is 2.56. The van der Waals surface area contributed by atoms with Crippen LogP contribution in [-0.4, -0.2) is 37.5 Å². The van der Waals surface area contributed by atoms with Gasteiger partial charge in [-0.3, -0.25) is 0 Å². The highest BCUT2D eigenvalue weighted by molar-refractivity contribution is 7.89. The van der Waals surface area contributed by atoms with Crippen LogP contribution in [0, 0.1) is 5.92 Å². The lowest BCUT2D eigenvalue weighted by atomic mass is 9.99. The zero-order valence-corrected chi connectivity index (χ0v) is 8.92. The van der Waals surface area contributed by atoms with Crippen LogP contribution < -0.4 is 5.11 Å². The van der Waals surface area contributed by atoms with Crippen LogP contribution in [0.2, 0.25) is 0 Å². The molecule has 0 bridgehead atoms. The molecule has 0 unspecified atom stereocenters. The summed E-state index contributed by atoms with van der Waals surface area (Å²) in [6, 6.07) is 0. The summed E-state index contributed by atoms with van der Waals surface area (Å²) in [7, 11) is -3.15. The van der Waals surface area contributed by atoms with Gasteiger partial charge in [0, 0.05) is 25.0 Å². The van der Waals surface area contributed by atoms with E-state index in [1.165, 1.54) is 4.31 Å². The highest BCUT2D eigenvalue weighted by Gasteiger charge is 2.26. The van der Waals surface area contributed by atoms with Gasteiger partial charge < -0.3 is 9.90 Å². The molecule has 5 nitrogen and oxygen atoms in total. The van der Waals surface area contributed by atoms with Crippen LogP contribution in [0.15, 0.2) is 0 Å². The Morgan fingerprint density at radius 2 is 1.93 bits per heavy atom. The van der Waals surface area contributed by atoms with Crippen LogP contribution in [0.3, 0.4) is 0 Å². The topological polar surface area (TPSA) is 77.5 Å². The normalized spacial score (nSPS) is 20.9. The summed E-state index contributed by atoms with van der Waals surface area (Å²) in [6.07, 6.45) is 0.725. The highest BCUT2D eigenvalue weighted by atomic mass is 32.2. The molecule has 82 valence electrons. The van der Waals surface area contributed by atoms with E-state index in [1.54, 1.807) is 6.92 Å². The van der Waals surface area contributed by atoms with Crippen molar-refractivity contribution in [1.82, 2.24) is 4.31 Å². The Bertz CT molecular complexity index is 303. The van der Waals surface area contributed by atoms with Crippen molar-refractivity contribution in [3.8, 4) is 0 Å². The predicted molar refractivity (Wildman–Crippen MR) is 48.8 cm³/mol. The van der Waals surface area contributed by atoms with Crippen LogP contribution in [-0.2, 0) is 14.8 Å². The monoisotopic (exact) mass is 220 g/mol. The number of piperidine rings is 1. The predicted octanol–water partition coefficient (Wildman–Crippen LogP) is -1.20. The van der Waals surface area contributed by atoms with Gasteiger partial charge in [-0.1, -0.05) is 0 Å². The fraction of sp³-hybridized carbons (Fsp3) is 0.875. The third-order valence-corrected chi connectivity index (χ3v) is 4.43. The molecule has 1 aliphatic heterocycles. The summed E-state index contributed by atoms with van der Waals surface area (Å²) >= 11 is 0. The van der Waals surface area contributed by atoms with E-state index in [-0.39, 0.29) is 5.75 Å². The van der Waals surface area contributed by atoms with Gasteiger partial charge in [0.2, 0.25) is 10.0 Å². The van der Waals surface area contributed by atoms with E-state index < -0.39 is 21.9 Å². The molecule has 1 fully saturated rings. The number of carbonyl (C=O) groups excluding carboxylic acids is 1. The van der Waals surface area contributed by atoms with Crippen LogP contribution in [0.4, 0.5) is 0 Å². The summed E-state index contributed by atoms with van der Waals surface area (Å²) < 4.78 is 24.1. The average Bonchev–Trinajstić information content (AvgIpc) is 2.18. The fourth-order valence-corrected chi connectivity index (χ4v) is 2.68. The number of rotatable bonds is 3. The van der Waals surface area contributed by atoms with Crippen molar-refractivity contribution in [3.63, 3.8) is 0 Å². The van der Waals surface area contributed by atoms with Crippen molar-refractivity contribution in [2.45, 2.75) is 19.8 Å². The molecule has 0 aromatic rings. The molecule has 1 heterocycles. The average molecular weight is 220 g/mol. The van der Waals surface area contributed by atoms with Crippen molar-refractivity contribution in [3.05, 3.63) is 0 Å². The number of sulfonamides is 1. The Labute approximate surface area is 83.8 Å². The third kappa shape index (κ3) is 2.45. The van der Waals surface area contributed by atoms with Crippen LogP contribution in [0.5, 0.6) is 0 Å². The maximum atomic E-state index is 11.4. The summed E-state index contributed by atoms with van der Waals surface area (Å²) in [6.45, 7) is 2.18. The quantitative estimate of drug-likeness (QED) is 0.598. The number of nitrogens with zero attached hydrogens (tertiary/aromatic N) is 1. The van der Waals surface area contributed by atoms with Gasteiger partial charge in [-0.25, -0.2) is 12.7 Å². The van der Waals surface area contributed by atoms with E-state index >= 15 is 0 Å². The van der Waals surface area contributed by atoms with Crippen LogP contribution in [0.1, 0.15) is 19.8 Å². The number of carbonyl (C=O) groups is 1. The molecule has 1 rings (SSSR count). The Hall–Kier alpha value is -0.620. The molecule has 6 heteroatoms. The Kier molecular flexibility index (Phi) is 3.49. The van der Waals surface area contributed by atoms with Gasteiger partial charge in [-0.2, -0.15) is 0 Å². The van der Waals surface area contributed by atoms with E-state index in [0.717, 1.165) is 0 Å². The first-order chi connectivity index (χ1) is 6.47. The molecule has 0 aromatic heterocycles. The number of hydrogen-bond acceptors (Lipinski definition) is 4. The second-order valence-electron chi connectivity index (χ2n) is 3.39. The number of aliphatic carboxylic acids is 1. The van der Waals surface area contributed by atoms with E-state index in [4.69, 9.17) is 0 Å². The van der Waals surface area contributed by atoms with Gasteiger partial charge in [0.1, 0.15) is 0 Å². The van der Waals surface area contributed by atoms with E-state index in [9.17, 15) is 18.3 Å². The molecule has 14 heavy (non-hydrogen) atoms. The van der Waals surface area contributed by atoms with Crippen molar-refractivity contribution < 1.29 is 18.3 Å². The summed E-state index contributed by atoms with van der Waals surface area (Å²) in [5.74, 6) is -1.49. The zero-order valence-electron chi connectivity index (χ0n) is 8.10. The Morgan fingerprint density at radius 1 is 1.43 bits per heavy atom. The summed E-state index contributed by atoms with van der Waals surface area (Å²) in [5.41, 5.74) is 0. The first-order valence-corrected chi connectivity index (χ1v) is 6.27. The molecule has 0 spiro atoms. The van der Waals surface area contributed by atoms with Crippen LogP contribution in [0.25, 0.3) is 0 Å². The molecular formula is C8H14NO4S-. The largest absolute Gasteiger partial charge is 0.550 e. The molecule has 0 atom stereocenters. The summed E-state index contributed by atoms with van der Waals surface area (Å²) in [5, 5.41) is 10.5. The maximum Gasteiger partial charge on any atom is 0.213 e. The van der Waals surface area contributed by atoms with Crippen molar-refractivity contribution >= 4 is 16.0 Å². The van der Waals surface area contributed by atoms with E-state index in [0.29, 0.717) is 25.9 Å². The zero-order chi connectivity index (χ0) is 10.8. The molecule has 0 saturated carbocycles. The second-order valence-corrected chi connectivity index (χ2v) is 5.65. The lowest BCUT2D eigenvalue weighted by Crippen LogP contribution is -2.44. The molecule has 1 aliphatic rings. The number of carboxylic acids is 1. The minimum Gasteiger partial charge on any atom is -0.550 e. The lowest BCUT2D eigenvalue weighted by Gasteiger charge is -2.31. The van der Waals surface area contributed by atoms with Crippen LogP contribution >= 0.6 is 0 Å². The van der Waals surface area contributed by atoms with Gasteiger partial charge in [0.05, 0.1) is 5.75 Å². The lowest BCUT2D eigenvalue weighted by molar-refractivity contribution is -0.312. The minimum absolute atomic E-state index is 0.0724. The maximum absolute atomic E-state index is 11.4. The second kappa shape index (κ2) is 4.27. The fourth-order valence-electron chi connectivity index (χ4n) is 1.55. The van der Waals surface area contributed by atoms with Gasteiger partial charge >= 0.3 is 0 Å². The summed E-state index contributed by atoms with van der Waals surface area (Å²) in [4.78, 5) is 10.5. The first kappa shape index (κ1) is 11.5. The van der Waals surface area contributed by atoms with Gasteiger partial charge in [0.25, 0.3) is 0 Å². The molecule has 0 radical (unpaired) electrons. The molecule has 0 aromatic carbocycles. The van der Waals surface area contributed by atoms with Gasteiger partial charge in [0.15, 0.2) is 0 Å². The minimum atomic E-state index is -3.15. The molecule has 1 saturated heterocycles. The van der Waals surface area contributed by atoms with Crippen molar-refractivity contribution in [1.29, 1.82) is 0 Å². The molecule has 0 aliphatic carbocycles. The molecular weight excluding hydrogens is 206 g/mol. The van der Waals surface area contributed by atoms with Gasteiger partial charge in [-0.15, -0.1) is 0 Å². The van der Waals surface area contributed by atoms with Gasteiger partial charge in [-0.05, 0) is 19.8 Å². The SMILES string of the molecule is CCS(=O)(=O)N1CCC(C(=O)[O-])CC1. The van der Waals surface area contributed by atoms with E-state index in [1.807, 2.05) is 0 Å². The standard InChI is InChI=1S/C8H15NO4S/c1-2-14(12,13)9-5-3-7(4-6-9)8(10)11/h7H,2-6H2,1H3,(H,10,11)/p-1. The third-order valence-electron chi connectivity index (χ3n) is 2.55. The highest BCUT2D eigenvalue weighted by Crippen LogP contribution is 2.18. The van der Waals surface area contributed by atoms with Crippen molar-refractivity contribution in [2.24, 2.45) is 5.92 Å². The van der Waals surface area contributed by atoms with Crippen molar-refractivity contribution in [2.75, 3.05) is 18.8 Å². The smallest absolute Gasteiger partial charge is 0.213 e. The van der Waals surface area contributed by atoms with E-state index in [2.05, 4.69) is 0 Å². The number of carboxylic acid groups (broad SMARTS) is 1.